The summed E-state index contributed by atoms with van der Waals surface area (Å²) in [5, 5.41) is 6.01. The van der Waals surface area contributed by atoms with Crippen LogP contribution in [0, 0.1) is 12.8 Å². The van der Waals surface area contributed by atoms with Crippen molar-refractivity contribution in [2.45, 2.75) is 26.2 Å². The molecule has 170 valence electrons. The van der Waals surface area contributed by atoms with Gasteiger partial charge in [-0.1, -0.05) is 23.2 Å². The van der Waals surface area contributed by atoms with E-state index < -0.39 is 0 Å². The number of amides is 2. The van der Waals surface area contributed by atoms with E-state index in [2.05, 4.69) is 40.4 Å². The molecule has 1 fully saturated rings. The summed E-state index contributed by atoms with van der Waals surface area (Å²) in [5.74, 6) is -0.291. The van der Waals surface area contributed by atoms with Crippen LogP contribution in [0.25, 0.3) is 21.8 Å². The zero-order valence-electron chi connectivity index (χ0n) is 18.6. The van der Waals surface area contributed by atoms with E-state index in [0.29, 0.717) is 24.7 Å². The van der Waals surface area contributed by atoms with Crippen LogP contribution in [0.4, 0.5) is 0 Å². The number of aryl methyl sites for hydroxylation is 1. The Bertz CT molecular complexity index is 1340. The van der Waals surface area contributed by atoms with Gasteiger partial charge in [-0.25, -0.2) is 0 Å². The molecule has 7 heteroatoms. The molecule has 1 atom stereocenters. The number of fused-ring (bicyclic) bond motifs is 2. The topological polar surface area (TPSA) is 81.0 Å². The maximum atomic E-state index is 12.7. The number of hydrogen-bond donors (Lipinski definition) is 3. The van der Waals surface area contributed by atoms with Gasteiger partial charge in [0, 0.05) is 65.3 Å². The number of hydrogen-bond acceptors (Lipinski definition) is 2. The second-order valence-corrected chi connectivity index (χ2v) is 9.34. The quantitative estimate of drug-likeness (QED) is 0.381. The molecule has 2 amide bonds. The third-order valence-electron chi connectivity index (χ3n) is 6.58. The molecule has 0 radical (unpaired) electrons. The zero-order valence-corrected chi connectivity index (χ0v) is 19.3. The number of aromatic nitrogens is 2. The van der Waals surface area contributed by atoms with Gasteiger partial charge in [0.2, 0.25) is 11.8 Å². The SMILES string of the molecule is Cc1ccc2[nH]cc(CCNC(=O)C3CC(=O)N(CCc4c[nH]c5ccc(Cl)cc45)C3)c2c1. The number of nitrogens with zero attached hydrogens (tertiary/aromatic N) is 1. The normalized spacial score (nSPS) is 16.2. The largest absolute Gasteiger partial charge is 0.361 e. The summed E-state index contributed by atoms with van der Waals surface area (Å²) in [6.07, 6.45) is 5.73. The number of carbonyl (C=O) groups is 2. The average molecular weight is 463 g/mol. The van der Waals surface area contributed by atoms with Crippen LogP contribution in [0.3, 0.4) is 0 Å². The number of benzene rings is 2. The number of H-pyrrole nitrogens is 2. The Hall–Kier alpha value is -3.25. The van der Waals surface area contributed by atoms with Crippen LogP contribution in [0.5, 0.6) is 0 Å². The Labute approximate surface area is 197 Å². The van der Waals surface area contributed by atoms with Gasteiger partial charge in [-0.15, -0.1) is 0 Å². The first-order chi connectivity index (χ1) is 16.0. The van der Waals surface area contributed by atoms with E-state index in [0.717, 1.165) is 34.8 Å². The van der Waals surface area contributed by atoms with Crippen molar-refractivity contribution in [1.82, 2.24) is 20.2 Å². The fourth-order valence-corrected chi connectivity index (χ4v) is 4.91. The molecule has 6 nitrogen and oxygen atoms in total. The Morgan fingerprint density at radius 1 is 1.06 bits per heavy atom. The minimum atomic E-state index is -0.292. The Kier molecular flexibility index (Phi) is 5.85. The van der Waals surface area contributed by atoms with E-state index in [1.165, 1.54) is 16.5 Å². The monoisotopic (exact) mass is 462 g/mol. The lowest BCUT2D eigenvalue weighted by Crippen LogP contribution is -2.34. The van der Waals surface area contributed by atoms with Gasteiger partial charge in [0.25, 0.3) is 0 Å². The maximum Gasteiger partial charge on any atom is 0.225 e. The Balaban J connectivity index is 1.14. The molecule has 3 heterocycles. The number of rotatable bonds is 7. The number of nitrogens with one attached hydrogen (secondary N) is 3. The molecule has 0 bridgehead atoms. The van der Waals surface area contributed by atoms with Crippen molar-refractivity contribution in [2.75, 3.05) is 19.6 Å². The molecule has 0 aliphatic carbocycles. The van der Waals surface area contributed by atoms with Gasteiger partial charge in [-0.2, -0.15) is 0 Å². The molecule has 5 rings (SSSR count). The zero-order chi connectivity index (χ0) is 22.9. The van der Waals surface area contributed by atoms with Crippen molar-refractivity contribution in [1.29, 1.82) is 0 Å². The van der Waals surface area contributed by atoms with Crippen LogP contribution in [0.15, 0.2) is 48.8 Å². The average Bonchev–Trinajstić information content (AvgIpc) is 3.49. The molecule has 4 aromatic rings. The first kappa shape index (κ1) is 21.6. The highest BCUT2D eigenvalue weighted by atomic mass is 35.5. The van der Waals surface area contributed by atoms with E-state index in [9.17, 15) is 9.59 Å². The summed E-state index contributed by atoms with van der Waals surface area (Å²) < 4.78 is 0. The predicted octanol–water partition coefficient (Wildman–Crippen LogP) is 4.36. The first-order valence-electron chi connectivity index (χ1n) is 11.4. The summed E-state index contributed by atoms with van der Waals surface area (Å²) in [5.41, 5.74) is 5.67. The lowest BCUT2D eigenvalue weighted by molar-refractivity contribution is -0.129. The van der Waals surface area contributed by atoms with Crippen LogP contribution in [-0.4, -0.2) is 46.3 Å². The van der Waals surface area contributed by atoms with Gasteiger partial charge < -0.3 is 20.2 Å². The van der Waals surface area contributed by atoms with Crippen molar-refractivity contribution in [3.05, 3.63) is 70.5 Å². The number of aromatic amines is 2. The molecule has 33 heavy (non-hydrogen) atoms. The fourth-order valence-electron chi connectivity index (χ4n) is 4.74. The molecule has 2 aromatic heterocycles. The van der Waals surface area contributed by atoms with Crippen LogP contribution < -0.4 is 5.32 Å². The van der Waals surface area contributed by atoms with Crippen LogP contribution in [-0.2, 0) is 22.4 Å². The van der Waals surface area contributed by atoms with E-state index >= 15 is 0 Å². The lowest BCUT2D eigenvalue weighted by Gasteiger charge is -2.16. The highest BCUT2D eigenvalue weighted by molar-refractivity contribution is 6.31. The summed E-state index contributed by atoms with van der Waals surface area (Å²) in [4.78, 5) is 33.6. The van der Waals surface area contributed by atoms with E-state index in [4.69, 9.17) is 11.6 Å². The highest BCUT2D eigenvalue weighted by Crippen LogP contribution is 2.25. The van der Waals surface area contributed by atoms with Gasteiger partial charge in [0.1, 0.15) is 0 Å². The minimum absolute atomic E-state index is 0.0410. The molecular formula is C26H27ClN4O2. The number of likely N-dealkylation sites (tertiary alicyclic amines) is 1. The van der Waals surface area contributed by atoms with Crippen LogP contribution >= 0.6 is 11.6 Å². The molecule has 1 aliphatic rings. The van der Waals surface area contributed by atoms with Gasteiger partial charge in [0.15, 0.2) is 0 Å². The summed E-state index contributed by atoms with van der Waals surface area (Å²) >= 11 is 6.14. The molecule has 1 unspecified atom stereocenters. The molecule has 0 saturated carbocycles. The van der Waals surface area contributed by atoms with E-state index in [1.54, 1.807) is 4.90 Å². The Morgan fingerprint density at radius 3 is 2.55 bits per heavy atom. The maximum absolute atomic E-state index is 12.7. The first-order valence-corrected chi connectivity index (χ1v) is 11.7. The second-order valence-electron chi connectivity index (χ2n) is 8.90. The van der Waals surface area contributed by atoms with Crippen molar-refractivity contribution < 1.29 is 9.59 Å². The summed E-state index contributed by atoms with van der Waals surface area (Å²) in [7, 11) is 0. The molecule has 1 saturated heterocycles. The smallest absolute Gasteiger partial charge is 0.225 e. The summed E-state index contributed by atoms with van der Waals surface area (Å²) in [6, 6.07) is 12.1. The number of carbonyl (C=O) groups excluding carboxylic acids is 2. The van der Waals surface area contributed by atoms with Crippen molar-refractivity contribution in [3.8, 4) is 0 Å². The third-order valence-corrected chi connectivity index (χ3v) is 6.82. The third kappa shape index (κ3) is 4.48. The highest BCUT2D eigenvalue weighted by Gasteiger charge is 2.33. The lowest BCUT2D eigenvalue weighted by atomic mass is 10.1. The molecule has 0 spiro atoms. The van der Waals surface area contributed by atoms with Gasteiger partial charge in [0.05, 0.1) is 5.92 Å². The van der Waals surface area contributed by atoms with Crippen molar-refractivity contribution in [3.63, 3.8) is 0 Å². The molecule has 1 aliphatic heterocycles. The van der Waals surface area contributed by atoms with Crippen molar-refractivity contribution >= 4 is 45.2 Å². The predicted molar refractivity (Wildman–Crippen MR) is 131 cm³/mol. The second kappa shape index (κ2) is 8.94. The van der Waals surface area contributed by atoms with Crippen molar-refractivity contribution in [2.24, 2.45) is 5.92 Å². The van der Waals surface area contributed by atoms with E-state index in [1.807, 2.05) is 30.6 Å². The Morgan fingerprint density at radius 2 is 1.76 bits per heavy atom. The summed E-state index contributed by atoms with van der Waals surface area (Å²) in [6.45, 7) is 3.70. The molecular weight excluding hydrogens is 436 g/mol. The standard InChI is InChI=1S/C26H27ClN4O2/c1-16-2-4-23-21(10-16)17(13-29-23)6-8-28-26(33)19-11-25(32)31(15-19)9-7-18-14-30-24-5-3-20(27)12-22(18)24/h2-5,10,12-14,19,29-30H,6-9,11,15H2,1H3,(H,28,33). The van der Waals surface area contributed by atoms with Gasteiger partial charge >= 0.3 is 0 Å². The van der Waals surface area contributed by atoms with Gasteiger partial charge in [-0.3, -0.25) is 9.59 Å². The van der Waals surface area contributed by atoms with E-state index in [-0.39, 0.29) is 24.2 Å². The van der Waals surface area contributed by atoms with Crippen LogP contribution in [0.2, 0.25) is 5.02 Å². The van der Waals surface area contributed by atoms with Crippen LogP contribution in [0.1, 0.15) is 23.1 Å². The fraction of sp³-hybridized carbons (Fsp3) is 0.308. The molecule has 2 aromatic carbocycles. The number of halogens is 1. The molecule has 3 N–H and O–H groups in total. The minimum Gasteiger partial charge on any atom is -0.361 e. The van der Waals surface area contributed by atoms with Gasteiger partial charge in [-0.05, 0) is 61.2 Å².